The van der Waals surface area contributed by atoms with Crippen molar-refractivity contribution in [1.29, 1.82) is 0 Å². The number of hydrogen-bond donors (Lipinski definition) is 2. The van der Waals surface area contributed by atoms with Crippen LogP contribution in [0.3, 0.4) is 0 Å². The Hall–Kier alpha value is -2.50. The van der Waals surface area contributed by atoms with Crippen LogP contribution in [0.4, 0.5) is 4.79 Å². The van der Waals surface area contributed by atoms with Gasteiger partial charge in [0.05, 0.1) is 6.20 Å². The first kappa shape index (κ1) is 19.3. The van der Waals surface area contributed by atoms with E-state index >= 15 is 0 Å². The fourth-order valence-corrected chi connectivity index (χ4v) is 3.75. The van der Waals surface area contributed by atoms with Crippen LogP contribution < -0.4 is 5.32 Å². The Morgan fingerprint density at radius 2 is 2.04 bits per heavy atom. The van der Waals surface area contributed by atoms with Gasteiger partial charge in [-0.25, -0.2) is 4.79 Å². The van der Waals surface area contributed by atoms with Gasteiger partial charge in [-0.2, -0.15) is 5.10 Å². The third kappa shape index (κ3) is 5.74. The van der Waals surface area contributed by atoms with E-state index in [-0.39, 0.29) is 6.03 Å². The van der Waals surface area contributed by atoms with Gasteiger partial charge in [-0.1, -0.05) is 12.1 Å². The molecule has 2 amide bonds. The van der Waals surface area contributed by atoms with Gasteiger partial charge in [0.1, 0.15) is 5.75 Å². The van der Waals surface area contributed by atoms with Crippen LogP contribution in [-0.2, 0) is 19.9 Å². The number of carbonyl (C=O) groups is 1. The van der Waals surface area contributed by atoms with E-state index in [9.17, 15) is 9.90 Å². The van der Waals surface area contributed by atoms with Gasteiger partial charge in [-0.15, -0.1) is 0 Å². The Morgan fingerprint density at radius 1 is 1.22 bits per heavy atom. The average molecular weight is 370 g/mol. The normalized spacial score (nSPS) is 17.1. The number of carbonyl (C=O) groups excluding carboxylic acids is 1. The zero-order valence-electron chi connectivity index (χ0n) is 16.1. The lowest BCUT2D eigenvalue weighted by atomic mass is 9.96. The molecule has 0 saturated carbocycles. The van der Waals surface area contributed by atoms with Crippen molar-refractivity contribution < 1.29 is 9.90 Å². The Labute approximate surface area is 161 Å². The lowest BCUT2D eigenvalue weighted by Gasteiger charge is -2.36. The number of rotatable bonds is 7. The van der Waals surface area contributed by atoms with E-state index in [1.54, 1.807) is 16.8 Å². The molecule has 0 radical (unpaired) electrons. The Kier molecular flexibility index (Phi) is 6.74. The van der Waals surface area contributed by atoms with E-state index in [0.717, 1.165) is 45.1 Å². The number of nitrogens with one attached hydrogen (secondary N) is 1. The van der Waals surface area contributed by atoms with Gasteiger partial charge >= 0.3 is 6.03 Å². The molecule has 1 saturated heterocycles. The van der Waals surface area contributed by atoms with Crippen molar-refractivity contribution in [3.8, 4) is 5.75 Å². The van der Waals surface area contributed by atoms with Crippen LogP contribution in [0.2, 0.25) is 0 Å². The maximum Gasteiger partial charge on any atom is 0.317 e. The van der Waals surface area contributed by atoms with Crippen molar-refractivity contribution in [3.05, 3.63) is 47.8 Å². The number of likely N-dealkylation sites (tertiary alicyclic amines) is 1. The van der Waals surface area contributed by atoms with Crippen LogP contribution in [0.5, 0.6) is 5.75 Å². The Bertz CT molecular complexity index is 726. The number of aromatic nitrogens is 2. The summed E-state index contributed by atoms with van der Waals surface area (Å²) in [5.74, 6) is 0.295. The van der Waals surface area contributed by atoms with E-state index in [2.05, 4.69) is 10.4 Å². The molecule has 146 valence electrons. The number of piperidine rings is 1. The van der Waals surface area contributed by atoms with Gasteiger partial charge in [0.2, 0.25) is 0 Å². The minimum atomic E-state index is 0.0663. The summed E-state index contributed by atoms with van der Waals surface area (Å²) in [7, 11) is 1.92. The predicted molar refractivity (Wildman–Crippen MR) is 106 cm³/mol. The molecule has 0 spiro atoms. The molecule has 3 rings (SSSR count). The van der Waals surface area contributed by atoms with Crippen molar-refractivity contribution in [1.82, 2.24) is 20.0 Å². The fourth-order valence-electron chi connectivity index (χ4n) is 3.75. The summed E-state index contributed by atoms with van der Waals surface area (Å²) in [4.78, 5) is 14.7. The van der Waals surface area contributed by atoms with Crippen LogP contribution >= 0.6 is 0 Å². The first-order valence-corrected chi connectivity index (χ1v) is 9.92. The number of nitrogens with zero attached hydrogens (tertiary/aromatic N) is 3. The molecule has 0 bridgehead atoms. The van der Waals surface area contributed by atoms with Gasteiger partial charge < -0.3 is 15.3 Å². The van der Waals surface area contributed by atoms with E-state index < -0.39 is 0 Å². The van der Waals surface area contributed by atoms with E-state index in [0.29, 0.717) is 18.3 Å². The number of aromatic hydroxyl groups is 1. The standard InChI is InChI=1S/C21H30N4O2/c1-24-16-18(15-23-24)5-4-13-22-21(27)25-14-3-2-6-19(25)10-7-17-8-11-20(26)12-9-17/h8-9,11-12,15-16,19,26H,2-7,10,13-14H2,1H3,(H,22,27)/t19-/m0/s1. The Morgan fingerprint density at radius 3 is 2.78 bits per heavy atom. The summed E-state index contributed by atoms with van der Waals surface area (Å²) in [5.41, 5.74) is 2.41. The zero-order valence-corrected chi connectivity index (χ0v) is 16.1. The Balaban J connectivity index is 1.43. The highest BCUT2D eigenvalue weighted by atomic mass is 16.3. The number of phenolic OH excluding ortho intramolecular Hbond substituents is 1. The summed E-state index contributed by atoms with van der Waals surface area (Å²) in [5, 5.41) is 16.7. The predicted octanol–water partition coefficient (Wildman–Crippen LogP) is 3.26. The minimum Gasteiger partial charge on any atom is -0.508 e. The van der Waals surface area contributed by atoms with Gasteiger partial charge in [0.25, 0.3) is 0 Å². The van der Waals surface area contributed by atoms with Crippen molar-refractivity contribution in [2.75, 3.05) is 13.1 Å². The van der Waals surface area contributed by atoms with Crippen LogP contribution in [-0.4, -0.2) is 44.9 Å². The molecule has 2 aromatic rings. The molecule has 1 atom stereocenters. The summed E-state index contributed by atoms with van der Waals surface area (Å²) < 4.78 is 1.81. The van der Waals surface area contributed by atoms with Gasteiger partial charge in [0.15, 0.2) is 0 Å². The monoisotopic (exact) mass is 370 g/mol. The zero-order chi connectivity index (χ0) is 19.1. The first-order valence-electron chi connectivity index (χ1n) is 9.92. The van der Waals surface area contributed by atoms with E-state index in [1.807, 2.05) is 36.5 Å². The number of hydrogen-bond acceptors (Lipinski definition) is 3. The van der Waals surface area contributed by atoms with Crippen molar-refractivity contribution >= 4 is 6.03 Å². The van der Waals surface area contributed by atoms with E-state index in [4.69, 9.17) is 0 Å². The topological polar surface area (TPSA) is 70.4 Å². The summed E-state index contributed by atoms with van der Waals surface area (Å²) in [6.45, 7) is 1.53. The molecule has 1 fully saturated rings. The molecule has 6 heteroatoms. The van der Waals surface area contributed by atoms with Crippen molar-refractivity contribution in [2.24, 2.45) is 7.05 Å². The fraction of sp³-hybridized carbons (Fsp3) is 0.524. The smallest absolute Gasteiger partial charge is 0.317 e. The van der Waals surface area contributed by atoms with Crippen molar-refractivity contribution in [3.63, 3.8) is 0 Å². The number of urea groups is 1. The molecular weight excluding hydrogens is 340 g/mol. The molecule has 1 aromatic carbocycles. The van der Waals surface area contributed by atoms with Gasteiger partial charge in [0, 0.05) is 32.4 Å². The second kappa shape index (κ2) is 9.44. The quantitative estimate of drug-likeness (QED) is 0.735. The van der Waals surface area contributed by atoms with Gasteiger partial charge in [-0.05, 0) is 68.2 Å². The summed E-state index contributed by atoms with van der Waals surface area (Å²) in [6.07, 6.45) is 11.0. The van der Waals surface area contributed by atoms with Crippen LogP contribution in [0.1, 0.15) is 43.2 Å². The van der Waals surface area contributed by atoms with Crippen LogP contribution in [0.15, 0.2) is 36.7 Å². The molecule has 1 aliphatic heterocycles. The molecule has 2 N–H and O–H groups in total. The highest BCUT2D eigenvalue weighted by molar-refractivity contribution is 5.74. The lowest BCUT2D eigenvalue weighted by Crippen LogP contribution is -2.49. The first-order chi connectivity index (χ1) is 13.1. The molecule has 1 aromatic heterocycles. The largest absolute Gasteiger partial charge is 0.508 e. The van der Waals surface area contributed by atoms with Gasteiger partial charge in [-0.3, -0.25) is 4.68 Å². The highest BCUT2D eigenvalue weighted by Crippen LogP contribution is 2.22. The molecule has 27 heavy (non-hydrogen) atoms. The van der Waals surface area contributed by atoms with Crippen molar-refractivity contribution in [2.45, 2.75) is 51.0 Å². The summed E-state index contributed by atoms with van der Waals surface area (Å²) in [6, 6.07) is 7.73. The molecule has 2 heterocycles. The SMILES string of the molecule is Cn1cc(CCCNC(=O)N2CCCC[C@H]2CCc2ccc(O)cc2)cn1. The molecule has 0 aliphatic carbocycles. The molecular formula is C21H30N4O2. The maximum atomic E-state index is 12.6. The second-order valence-electron chi connectivity index (χ2n) is 7.41. The number of benzene rings is 1. The van der Waals surface area contributed by atoms with Crippen LogP contribution in [0.25, 0.3) is 0 Å². The second-order valence-corrected chi connectivity index (χ2v) is 7.41. The number of aryl methyl sites for hydroxylation is 3. The molecule has 1 aliphatic rings. The molecule has 6 nitrogen and oxygen atoms in total. The number of phenols is 1. The highest BCUT2D eigenvalue weighted by Gasteiger charge is 2.26. The third-order valence-corrected chi connectivity index (χ3v) is 5.27. The van der Waals surface area contributed by atoms with E-state index in [1.165, 1.54) is 17.5 Å². The van der Waals surface area contributed by atoms with Crippen LogP contribution in [0, 0.1) is 0 Å². The summed E-state index contributed by atoms with van der Waals surface area (Å²) >= 11 is 0. The maximum absolute atomic E-state index is 12.6. The lowest BCUT2D eigenvalue weighted by molar-refractivity contribution is 0.146. The minimum absolute atomic E-state index is 0.0663. The average Bonchev–Trinajstić information content (AvgIpc) is 3.10. The number of amides is 2. The third-order valence-electron chi connectivity index (χ3n) is 5.27. The molecule has 0 unspecified atom stereocenters.